The van der Waals surface area contributed by atoms with Gasteiger partial charge in [0.25, 0.3) is 0 Å². The Morgan fingerprint density at radius 3 is 2.28 bits per heavy atom. The second-order valence-corrected chi connectivity index (χ2v) is 5.93. The molecule has 0 heterocycles. The first-order chi connectivity index (χ1) is 11.3. The van der Waals surface area contributed by atoms with Crippen LogP contribution < -0.4 is 10.1 Å². The van der Waals surface area contributed by atoms with Crippen molar-refractivity contribution >= 4 is 29.9 Å². The lowest BCUT2D eigenvalue weighted by atomic mass is 10.2. The number of ether oxygens (including phenoxy) is 1. The summed E-state index contributed by atoms with van der Waals surface area (Å²) in [4.78, 5) is 8.51. The molecule has 1 rings (SSSR count). The molecule has 0 amide bonds. The molecule has 0 spiro atoms. The number of likely N-dealkylation sites (N-methyl/N-ethyl adjacent to an activating group) is 1. The van der Waals surface area contributed by atoms with Crippen LogP contribution in [0.3, 0.4) is 0 Å². The molecule has 0 radical (unpaired) electrons. The Balaban J connectivity index is 0.00000576. The van der Waals surface area contributed by atoms with E-state index in [-0.39, 0.29) is 29.7 Å². The van der Waals surface area contributed by atoms with Gasteiger partial charge in [-0.1, -0.05) is 12.1 Å². The van der Waals surface area contributed by atoms with Crippen LogP contribution in [0.4, 0.5) is 8.78 Å². The highest BCUT2D eigenvalue weighted by Gasteiger charge is 2.09. The molecular formula is C17H29F2IN4O. The molecule has 0 saturated heterocycles. The largest absolute Gasteiger partial charge is 0.435 e. The summed E-state index contributed by atoms with van der Waals surface area (Å²) in [6.45, 7) is 3.85. The molecule has 0 aliphatic heterocycles. The van der Waals surface area contributed by atoms with Gasteiger partial charge in [-0.05, 0) is 38.6 Å². The molecule has 0 aliphatic rings. The van der Waals surface area contributed by atoms with Crippen LogP contribution in [-0.4, -0.2) is 62.6 Å². The van der Waals surface area contributed by atoms with Crippen LogP contribution in [0.5, 0.6) is 5.75 Å². The van der Waals surface area contributed by atoms with Crippen LogP contribution in [0.1, 0.15) is 19.4 Å². The number of hydrogen-bond donors (Lipinski definition) is 1. The van der Waals surface area contributed by atoms with Crippen molar-refractivity contribution in [3.8, 4) is 5.75 Å². The van der Waals surface area contributed by atoms with Gasteiger partial charge in [-0.15, -0.1) is 24.0 Å². The van der Waals surface area contributed by atoms with E-state index in [9.17, 15) is 8.78 Å². The monoisotopic (exact) mass is 470 g/mol. The molecule has 0 aromatic heterocycles. The van der Waals surface area contributed by atoms with Crippen molar-refractivity contribution in [2.45, 2.75) is 33.0 Å². The Hall–Kier alpha value is -1.16. The quantitative estimate of drug-likeness (QED) is 0.360. The van der Waals surface area contributed by atoms with Gasteiger partial charge < -0.3 is 19.9 Å². The van der Waals surface area contributed by atoms with Crippen molar-refractivity contribution in [2.24, 2.45) is 4.99 Å². The van der Waals surface area contributed by atoms with Gasteiger partial charge >= 0.3 is 6.61 Å². The topological polar surface area (TPSA) is 40.1 Å². The average molecular weight is 470 g/mol. The van der Waals surface area contributed by atoms with Crippen molar-refractivity contribution in [3.05, 3.63) is 29.8 Å². The third kappa shape index (κ3) is 9.20. The maximum atomic E-state index is 12.1. The second-order valence-electron chi connectivity index (χ2n) is 5.93. The van der Waals surface area contributed by atoms with Gasteiger partial charge in [-0.25, -0.2) is 0 Å². The van der Waals surface area contributed by atoms with Crippen molar-refractivity contribution in [3.63, 3.8) is 0 Å². The zero-order valence-electron chi connectivity index (χ0n) is 15.5. The number of hydrogen-bond acceptors (Lipinski definition) is 3. The fourth-order valence-electron chi connectivity index (χ4n) is 2.11. The van der Waals surface area contributed by atoms with Crippen molar-refractivity contribution < 1.29 is 13.5 Å². The van der Waals surface area contributed by atoms with E-state index in [0.717, 1.165) is 24.6 Å². The molecule has 1 aromatic carbocycles. The van der Waals surface area contributed by atoms with Crippen molar-refractivity contribution in [1.29, 1.82) is 0 Å². The Labute approximate surface area is 166 Å². The summed E-state index contributed by atoms with van der Waals surface area (Å²) in [5.74, 6) is 0.954. The van der Waals surface area contributed by atoms with Crippen LogP contribution in [0.15, 0.2) is 29.3 Å². The molecule has 1 N–H and O–H groups in total. The number of nitrogens with zero attached hydrogens (tertiary/aromatic N) is 3. The molecule has 0 fully saturated rings. The highest BCUT2D eigenvalue weighted by atomic mass is 127. The zero-order chi connectivity index (χ0) is 18.1. The van der Waals surface area contributed by atoms with Crippen LogP contribution in [0.2, 0.25) is 0 Å². The summed E-state index contributed by atoms with van der Waals surface area (Å²) >= 11 is 0. The van der Waals surface area contributed by atoms with Gasteiger partial charge in [-0.2, -0.15) is 8.78 Å². The van der Waals surface area contributed by atoms with Gasteiger partial charge in [0.1, 0.15) is 5.75 Å². The van der Waals surface area contributed by atoms with E-state index in [2.05, 4.69) is 40.8 Å². The summed E-state index contributed by atoms with van der Waals surface area (Å²) in [6, 6.07) is 7.13. The van der Waals surface area contributed by atoms with Gasteiger partial charge in [0, 0.05) is 39.8 Å². The SMILES string of the molecule is CN=C(NCCN(C)C(C)C)N(C)Cc1ccc(OC(F)F)cc1.I. The van der Waals surface area contributed by atoms with E-state index >= 15 is 0 Å². The first-order valence-electron chi connectivity index (χ1n) is 7.99. The summed E-state index contributed by atoms with van der Waals surface area (Å²) in [6.07, 6.45) is 0. The average Bonchev–Trinajstić information content (AvgIpc) is 2.52. The number of benzene rings is 1. The van der Waals surface area contributed by atoms with Gasteiger partial charge in [0.2, 0.25) is 0 Å². The number of halogens is 3. The first-order valence-corrected chi connectivity index (χ1v) is 7.99. The van der Waals surface area contributed by atoms with Crippen LogP contribution in [0, 0.1) is 0 Å². The Kier molecular flexibility index (Phi) is 11.7. The minimum absolute atomic E-state index is 0. The predicted molar refractivity (Wildman–Crippen MR) is 109 cm³/mol. The molecular weight excluding hydrogens is 441 g/mol. The predicted octanol–water partition coefficient (Wildman–Crippen LogP) is 3.25. The first kappa shape index (κ1) is 23.8. The normalized spacial score (nSPS) is 11.7. The Morgan fingerprint density at radius 2 is 1.80 bits per heavy atom. The lowest BCUT2D eigenvalue weighted by Crippen LogP contribution is -2.42. The number of nitrogens with one attached hydrogen (secondary N) is 1. The lowest BCUT2D eigenvalue weighted by Gasteiger charge is -2.25. The molecule has 0 saturated carbocycles. The van der Waals surface area contributed by atoms with E-state index in [1.165, 1.54) is 0 Å². The molecule has 144 valence electrons. The van der Waals surface area contributed by atoms with E-state index < -0.39 is 6.61 Å². The Morgan fingerprint density at radius 1 is 1.20 bits per heavy atom. The number of rotatable bonds is 8. The fourth-order valence-corrected chi connectivity index (χ4v) is 2.11. The summed E-state index contributed by atoms with van der Waals surface area (Å²) < 4.78 is 28.6. The fraction of sp³-hybridized carbons (Fsp3) is 0.588. The van der Waals surface area contributed by atoms with E-state index in [0.29, 0.717) is 12.6 Å². The molecule has 0 unspecified atom stereocenters. The Bertz CT molecular complexity index is 512. The smallest absolute Gasteiger partial charge is 0.387 e. The summed E-state index contributed by atoms with van der Waals surface area (Å²) in [7, 11) is 5.76. The van der Waals surface area contributed by atoms with Crippen molar-refractivity contribution in [1.82, 2.24) is 15.1 Å². The van der Waals surface area contributed by atoms with Crippen LogP contribution >= 0.6 is 24.0 Å². The molecule has 0 bridgehead atoms. The maximum absolute atomic E-state index is 12.1. The summed E-state index contributed by atoms with van der Waals surface area (Å²) in [5.41, 5.74) is 0.987. The molecule has 5 nitrogen and oxygen atoms in total. The highest BCUT2D eigenvalue weighted by Crippen LogP contribution is 2.15. The molecule has 1 aromatic rings. The number of guanidine groups is 1. The second kappa shape index (κ2) is 12.2. The summed E-state index contributed by atoms with van der Waals surface area (Å²) in [5, 5.41) is 3.32. The number of aliphatic imine (C=N–C) groups is 1. The zero-order valence-corrected chi connectivity index (χ0v) is 17.8. The minimum atomic E-state index is -2.80. The standard InChI is InChI=1S/C17H28F2N4O.HI/c1-13(2)22(4)11-10-21-17(20-3)23(5)12-14-6-8-15(9-7-14)24-16(18)19;/h6-9,13,16H,10-12H2,1-5H3,(H,20,21);1H. The van der Waals surface area contributed by atoms with E-state index in [4.69, 9.17) is 0 Å². The maximum Gasteiger partial charge on any atom is 0.387 e. The van der Waals surface area contributed by atoms with Gasteiger partial charge in [0.15, 0.2) is 5.96 Å². The van der Waals surface area contributed by atoms with Crippen molar-refractivity contribution in [2.75, 3.05) is 34.2 Å². The van der Waals surface area contributed by atoms with E-state index in [1.54, 1.807) is 31.3 Å². The van der Waals surface area contributed by atoms with Crippen LogP contribution in [0.25, 0.3) is 0 Å². The third-order valence-corrected chi connectivity index (χ3v) is 3.77. The van der Waals surface area contributed by atoms with Gasteiger partial charge in [-0.3, -0.25) is 4.99 Å². The molecule has 0 aliphatic carbocycles. The molecule has 25 heavy (non-hydrogen) atoms. The van der Waals surface area contributed by atoms with Crippen LogP contribution in [-0.2, 0) is 6.54 Å². The molecule has 8 heteroatoms. The third-order valence-electron chi connectivity index (χ3n) is 3.77. The van der Waals surface area contributed by atoms with Gasteiger partial charge in [0.05, 0.1) is 0 Å². The lowest BCUT2D eigenvalue weighted by molar-refractivity contribution is -0.0498. The highest BCUT2D eigenvalue weighted by molar-refractivity contribution is 14.0. The number of alkyl halides is 2. The van der Waals surface area contributed by atoms with E-state index in [1.807, 2.05) is 11.9 Å². The minimum Gasteiger partial charge on any atom is -0.435 e. The molecule has 0 atom stereocenters.